The molecule has 0 aliphatic carbocycles. The Balaban J connectivity index is 1.54. The number of carbonyl (C=O) groups is 2. The minimum atomic E-state index is -0.184. The Hall–Kier alpha value is -2.49. The Labute approximate surface area is 148 Å². The average molecular weight is 360 g/mol. The molecule has 24 heavy (non-hydrogen) atoms. The van der Waals surface area contributed by atoms with Gasteiger partial charge in [0.2, 0.25) is 0 Å². The summed E-state index contributed by atoms with van der Waals surface area (Å²) < 4.78 is 0.581. The van der Waals surface area contributed by atoms with Gasteiger partial charge >= 0.3 is 6.03 Å². The number of hydrogen-bond donors (Lipinski definition) is 2. The van der Waals surface area contributed by atoms with Crippen LogP contribution in [0.25, 0.3) is 0 Å². The summed E-state index contributed by atoms with van der Waals surface area (Å²) in [6.45, 7) is 1.59. The molecule has 3 rings (SSSR count). The first-order valence-corrected chi connectivity index (χ1v) is 8.51. The van der Waals surface area contributed by atoms with Crippen LogP contribution in [0.3, 0.4) is 0 Å². The minimum absolute atomic E-state index is 0.0785. The molecule has 0 saturated carbocycles. The molecule has 122 valence electrons. The Morgan fingerprint density at radius 3 is 2.71 bits per heavy atom. The SMILES string of the molecule is O=C(NCC#Cc1ccc(N2CCNC2=O)cc1)c1ccc(Cl)s1. The topological polar surface area (TPSA) is 61.4 Å². The number of hydrogen-bond acceptors (Lipinski definition) is 3. The van der Waals surface area contributed by atoms with Gasteiger partial charge in [-0.1, -0.05) is 23.4 Å². The third-order valence-corrected chi connectivity index (χ3v) is 4.63. The number of thiophene rings is 1. The molecule has 2 heterocycles. The lowest BCUT2D eigenvalue weighted by molar-refractivity contribution is 0.0962. The van der Waals surface area contributed by atoms with Gasteiger partial charge in [0.05, 0.1) is 15.8 Å². The van der Waals surface area contributed by atoms with Crippen LogP contribution in [0.2, 0.25) is 4.34 Å². The van der Waals surface area contributed by atoms with E-state index in [1.165, 1.54) is 11.3 Å². The van der Waals surface area contributed by atoms with Crippen LogP contribution < -0.4 is 15.5 Å². The van der Waals surface area contributed by atoms with Crippen LogP contribution in [0, 0.1) is 11.8 Å². The lowest BCUT2D eigenvalue weighted by Gasteiger charge is -2.13. The summed E-state index contributed by atoms with van der Waals surface area (Å²) in [4.78, 5) is 25.7. The lowest BCUT2D eigenvalue weighted by Crippen LogP contribution is -2.27. The van der Waals surface area contributed by atoms with E-state index < -0.39 is 0 Å². The van der Waals surface area contributed by atoms with Crippen molar-refractivity contribution in [2.75, 3.05) is 24.5 Å². The van der Waals surface area contributed by atoms with Crippen molar-refractivity contribution in [1.29, 1.82) is 0 Å². The van der Waals surface area contributed by atoms with Crippen molar-refractivity contribution in [1.82, 2.24) is 10.6 Å². The van der Waals surface area contributed by atoms with E-state index in [4.69, 9.17) is 11.6 Å². The van der Waals surface area contributed by atoms with Gasteiger partial charge in [-0.25, -0.2) is 4.79 Å². The standard InChI is InChI=1S/C17H14ClN3O2S/c18-15-8-7-14(24-15)16(22)19-9-1-2-12-3-5-13(6-4-12)21-11-10-20-17(21)23/h3-8H,9-11H2,(H,19,22)(H,20,23). The maximum Gasteiger partial charge on any atom is 0.321 e. The minimum Gasteiger partial charge on any atom is -0.340 e. The maximum absolute atomic E-state index is 11.8. The molecule has 2 aromatic rings. The average Bonchev–Trinajstić information content (AvgIpc) is 3.20. The fraction of sp³-hybridized carbons (Fsp3) is 0.176. The van der Waals surface area contributed by atoms with Crippen LogP contribution in [0.5, 0.6) is 0 Å². The molecule has 2 N–H and O–H groups in total. The normalized spacial score (nSPS) is 13.2. The number of carbonyl (C=O) groups excluding carboxylic acids is 2. The van der Waals surface area contributed by atoms with E-state index in [-0.39, 0.29) is 18.5 Å². The quantitative estimate of drug-likeness (QED) is 0.828. The summed E-state index contributed by atoms with van der Waals surface area (Å²) >= 11 is 7.03. The number of anilines is 1. The molecule has 1 aromatic carbocycles. The molecule has 1 saturated heterocycles. The highest BCUT2D eigenvalue weighted by Gasteiger charge is 2.20. The summed E-state index contributed by atoms with van der Waals surface area (Å²) in [6, 6.07) is 10.7. The molecule has 0 bridgehead atoms. The van der Waals surface area contributed by atoms with Gasteiger partial charge in [0.1, 0.15) is 0 Å². The molecule has 1 fully saturated rings. The zero-order valence-electron chi connectivity index (χ0n) is 12.6. The van der Waals surface area contributed by atoms with Crippen molar-refractivity contribution >= 4 is 40.6 Å². The van der Waals surface area contributed by atoms with E-state index >= 15 is 0 Å². The number of benzene rings is 1. The van der Waals surface area contributed by atoms with Crippen molar-refractivity contribution in [3.63, 3.8) is 0 Å². The second-order valence-electron chi connectivity index (χ2n) is 5.02. The Bertz CT molecular complexity index is 820. The van der Waals surface area contributed by atoms with Gasteiger partial charge in [-0.15, -0.1) is 11.3 Å². The molecule has 0 unspecified atom stereocenters. The van der Waals surface area contributed by atoms with E-state index in [9.17, 15) is 9.59 Å². The first-order chi connectivity index (χ1) is 11.6. The van der Waals surface area contributed by atoms with Crippen molar-refractivity contribution in [3.05, 3.63) is 51.2 Å². The fourth-order valence-corrected chi connectivity index (χ4v) is 3.20. The first kappa shape index (κ1) is 16.4. The summed E-state index contributed by atoms with van der Waals surface area (Å²) in [5, 5.41) is 5.48. The van der Waals surface area contributed by atoms with Gasteiger partial charge in [-0.2, -0.15) is 0 Å². The molecule has 0 atom stereocenters. The molecule has 1 aliphatic rings. The second kappa shape index (κ2) is 7.39. The summed E-state index contributed by atoms with van der Waals surface area (Å²) in [5.74, 6) is 5.70. The molecular weight excluding hydrogens is 346 g/mol. The van der Waals surface area contributed by atoms with Crippen LogP contribution in [-0.2, 0) is 0 Å². The smallest absolute Gasteiger partial charge is 0.321 e. The van der Waals surface area contributed by atoms with E-state index in [0.29, 0.717) is 22.3 Å². The first-order valence-electron chi connectivity index (χ1n) is 7.31. The van der Waals surface area contributed by atoms with Crippen molar-refractivity contribution < 1.29 is 9.59 Å². The van der Waals surface area contributed by atoms with E-state index in [1.807, 2.05) is 24.3 Å². The summed E-state index contributed by atoms with van der Waals surface area (Å²) in [5.41, 5.74) is 1.67. The highest BCUT2D eigenvalue weighted by atomic mass is 35.5. The molecular formula is C17H14ClN3O2S. The van der Waals surface area contributed by atoms with Gasteiger partial charge in [0.15, 0.2) is 0 Å². The molecule has 1 aliphatic heterocycles. The number of urea groups is 1. The molecule has 3 amide bonds. The molecule has 1 aromatic heterocycles. The molecule has 7 heteroatoms. The van der Waals surface area contributed by atoms with Gasteiger partial charge in [0, 0.05) is 24.3 Å². The Morgan fingerprint density at radius 1 is 1.29 bits per heavy atom. The van der Waals surface area contributed by atoms with Gasteiger partial charge in [0.25, 0.3) is 5.91 Å². The summed E-state index contributed by atoms with van der Waals surface area (Å²) in [7, 11) is 0. The molecule has 0 spiro atoms. The summed E-state index contributed by atoms with van der Waals surface area (Å²) in [6.07, 6.45) is 0. The van der Waals surface area contributed by atoms with Crippen molar-refractivity contribution in [2.24, 2.45) is 0 Å². The Morgan fingerprint density at radius 2 is 2.08 bits per heavy atom. The number of amides is 3. The lowest BCUT2D eigenvalue weighted by atomic mass is 10.2. The van der Waals surface area contributed by atoms with Crippen molar-refractivity contribution in [3.8, 4) is 11.8 Å². The number of nitrogens with one attached hydrogen (secondary N) is 2. The van der Waals surface area contributed by atoms with Crippen LogP contribution in [0.1, 0.15) is 15.2 Å². The van der Waals surface area contributed by atoms with Crippen molar-refractivity contribution in [2.45, 2.75) is 0 Å². The molecule has 0 radical (unpaired) electrons. The Kier molecular flexibility index (Phi) is 5.04. The second-order valence-corrected chi connectivity index (χ2v) is 6.73. The van der Waals surface area contributed by atoms with Crippen LogP contribution >= 0.6 is 22.9 Å². The third kappa shape index (κ3) is 3.88. The highest BCUT2D eigenvalue weighted by molar-refractivity contribution is 7.17. The monoisotopic (exact) mass is 359 g/mol. The van der Waals surface area contributed by atoms with Crippen LogP contribution in [-0.4, -0.2) is 31.6 Å². The maximum atomic E-state index is 11.8. The van der Waals surface area contributed by atoms with E-state index in [1.54, 1.807) is 17.0 Å². The number of nitrogens with zero attached hydrogens (tertiary/aromatic N) is 1. The predicted molar refractivity (Wildman–Crippen MR) is 95.7 cm³/mol. The van der Waals surface area contributed by atoms with E-state index in [2.05, 4.69) is 22.5 Å². The fourth-order valence-electron chi connectivity index (χ4n) is 2.24. The third-order valence-electron chi connectivity index (χ3n) is 3.40. The number of halogens is 1. The van der Waals surface area contributed by atoms with Crippen LogP contribution in [0.4, 0.5) is 10.5 Å². The zero-order chi connectivity index (χ0) is 16.9. The van der Waals surface area contributed by atoms with Gasteiger partial charge in [-0.05, 0) is 36.4 Å². The van der Waals surface area contributed by atoms with Gasteiger partial charge < -0.3 is 10.6 Å². The van der Waals surface area contributed by atoms with E-state index in [0.717, 1.165) is 11.3 Å². The largest absolute Gasteiger partial charge is 0.340 e. The molecule has 5 nitrogen and oxygen atoms in total. The predicted octanol–water partition coefficient (Wildman–Crippen LogP) is 2.71. The number of rotatable bonds is 3. The van der Waals surface area contributed by atoms with Gasteiger partial charge in [-0.3, -0.25) is 9.69 Å². The highest BCUT2D eigenvalue weighted by Crippen LogP contribution is 2.21. The zero-order valence-corrected chi connectivity index (χ0v) is 14.2. The van der Waals surface area contributed by atoms with Crippen LogP contribution in [0.15, 0.2) is 36.4 Å².